The van der Waals surface area contributed by atoms with Crippen LogP contribution in [0.2, 0.25) is 0 Å². The summed E-state index contributed by atoms with van der Waals surface area (Å²) in [6.45, 7) is 2.51. The van der Waals surface area contributed by atoms with Crippen LogP contribution in [0.25, 0.3) is 0 Å². The minimum atomic E-state index is -0.658. The summed E-state index contributed by atoms with van der Waals surface area (Å²) in [6.07, 6.45) is 2.46. The van der Waals surface area contributed by atoms with Gasteiger partial charge in [-0.1, -0.05) is 25.5 Å². The SMILES string of the molecule is COc1cccc(CNC(=O)C2NC(=O)C3C(C)CCCC3N2)c1. The molecule has 0 aromatic heterocycles. The minimum Gasteiger partial charge on any atom is -0.497 e. The fraction of sp³-hybridized carbons (Fsp3) is 0.556. The Balaban J connectivity index is 1.58. The van der Waals surface area contributed by atoms with E-state index in [1.165, 1.54) is 0 Å². The Morgan fingerprint density at radius 2 is 2.21 bits per heavy atom. The van der Waals surface area contributed by atoms with Gasteiger partial charge >= 0.3 is 0 Å². The van der Waals surface area contributed by atoms with Gasteiger partial charge in [0.05, 0.1) is 13.0 Å². The maximum atomic E-state index is 12.4. The Morgan fingerprint density at radius 1 is 1.38 bits per heavy atom. The molecule has 2 aliphatic rings. The highest BCUT2D eigenvalue weighted by Gasteiger charge is 2.42. The number of methoxy groups -OCH3 is 1. The Labute approximate surface area is 142 Å². The van der Waals surface area contributed by atoms with Gasteiger partial charge in [0.1, 0.15) is 5.75 Å². The summed E-state index contributed by atoms with van der Waals surface area (Å²) in [7, 11) is 1.61. The van der Waals surface area contributed by atoms with E-state index in [4.69, 9.17) is 4.74 Å². The van der Waals surface area contributed by atoms with E-state index in [0.717, 1.165) is 30.6 Å². The summed E-state index contributed by atoms with van der Waals surface area (Å²) < 4.78 is 5.18. The van der Waals surface area contributed by atoms with Gasteiger partial charge in [0.2, 0.25) is 5.91 Å². The van der Waals surface area contributed by atoms with Crippen LogP contribution in [0.1, 0.15) is 31.7 Å². The molecule has 1 aliphatic carbocycles. The molecule has 1 saturated carbocycles. The maximum absolute atomic E-state index is 12.4. The van der Waals surface area contributed by atoms with E-state index >= 15 is 0 Å². The number of ether oxygens (including phenoxy) is 1. The van der Waals surface area contributed by atoms with E-state index in [1.54, 1.807) is 7.11 Å². The molecule has 3 N–H and O–H groups in total. The summed E-state index contributed by atoms with van der Waals surface area (Å²) in [4.78, 5) is 24.8. The van der Waals surface area contributed by atoms with Crippen molar-refractivity contribution in [1.82, 2.24) is 16.0 Å². The number of rotatable bonds is 4. The molecule has 1 aliphatic heterocycles. The quantitative estimate of drug-likeness (QED) is 0.774. The number of nitrogens with one attached hydrogen (secondary N) is 3. The van der Waals surface area contributed by atoms with Crippen molar-refractivity contribution >= 4 is 11.8 Å². The van der Waals surface area contributed by atoms with E-state index < -0.39 is 6.17 Å². The summed E-state index contributed by atoms with van der Waals surface area (Å²) >= 11 is 0. The van der Waals surface area contributed by atoms with E-state index in [9.17, 15) is 9.59 Å². The lowest BCUT2D eigenvalue weighted by atomic mass is 9.75. The zero-order valence-electron chi connectivity index (χ0n) is 14.2. The van der Waals surface area contributed by atoms with Crippen LogP contribution < -0.4 is 20.7 Å². The molecule has 3 rings (SSSR count). The lowest BCUT2D eigenvalue weighted by Gasteiger charge is -2.42. The zero-order chi connectivity index (χ0) is 17.1. The van der Waals surface area contributed by atoms with E-state index in [1.807, 2.05) is 24.3 Å². The van der Waals surface area contributed by atoms with E-state index in [-0.39, 0.29) is 23.8 Å². The molecule has 2 amide bonds. The maximum Gasteiger partial charge on any atom is 0.257 e. The highest BCUT2D eigenvalue weighted by molar-refractivity contribution is 5.90. The fourth-order valence-corrected chi connectivity index (χ4v) is 3.75. The summed E-state index contributed by atoms with van der Waals surface area (Å²) in [5.74, 6) is 0.874. The minimum absolute atomic E-state index is 0.00696. The van der Waals surface area contributed by atoms with Gasteiger partial charge in [-0.05, 0) is 36.5 Å². The Hall–Kier alpha value is -2.08. The van der Waals surface area contributed by atoms with Crippen LogP contribution >= 0.6 is 0 Å². The summed E-state index contributed by atoms with van der Waals surface area (Å²) in [6, 6.07) is 7.64. The van der Waals surface area contributed by atoms with Crippen LogP contribution in [0.5, 0.6) is 5.75 Å². The molecule has 1 aromatic carbocycles. The Morgan fingerprint density at radius 3 is 3.00 bits per heavy atom. The highest BCUT2D eigenvalue weighted by Crippen LogP contribution is 2.32. The molecule has 1 saturated heterocycles. The third-order valence-electron chi connectivity index (χ3n) is 5.05. The molecule has 6 heteroatoms. The second-order valence-corrected chi connectivity index (χ2v) is 6.72. The van der Waals surface area contributed by atoms with Crippen LogP contribution in [0.15, 0.2) is 24.3 Å². The second kappa shape index (κ2) is 7.21. The normalized spacial score (nSPS) is 29.3. The monoisotopic (exact) mass is 331 g/mol. The first kappa shape index (κ1) is 16.8. The molecule has 2 fully saturated rings. The molecule has 1 aromatic rings. The van der Waals surface area contributed by atoms with Crippen LogP contribution in [0.3, 0.4) is 0 Å². The van der Waals surface area contributed by atoms with Gasteiger partial charge < -0.3 is 15.4 Å². The van der Waals surface area contributed by atoms with Gasteiger partial charge in [0.15, 0.2) is 6.17 Å². The van der Waals surface area contributed by atoms with Crippen molar-refractivity contribution in [1.29, 1.82) is 0 Å². The zero-order valence-corrected chi connectivity index (χ0v) is 14.2. The number of benzene rings is 1. The lowest BCUT2D eigenvalue weighted by molar-refractivity contribution is -0.139. The average molecular weight is 331 g/mol. The highest BCUT2D eigenvalue weighted by atomic mass is 16.5. The molecule has 130 valence electrons. The molecule has 4 atom stereocenters. The number of hydrogen-bond acceptors (Lipinski definition) is 4. The number of carbonyl (C=O) groups is 2. The van der Waals surface area contributed by atoms with Crippen molar-refractivity contribution in [3.8, 4) is 5.75 Å². The Kier molecular flexibility index (Phi) is 5.04. The van der Waals surface area contributed by atoms with Crippen LogP contribution in [0, 0.1) is 11.8 Å². The van der Waals surface area contributed by atoms with Gasteiger partial charge in [0.25, 0.3) is 5.91 Å². The van der Waals surface area contributed by atoms with Crippen molar-refractivity contribution in [2.24, 2.45) is 11.8 Å². The molecular weight excluding hydrogens is 306 g/mol. The second-order valence-electron chi connectivity index (χ2n) is 6.72. The standard InChI is InChI=1S/C18H25N3O3/c1-11-5-3-8-14-15(11)17(22)21-16(20-14)18(23)19-10-12-6-4-7-13(9-12)24-2/h4,6-7,9,11,14-16,20H,3,5,8,10H2,1-2H3,(H,19,23)(H,21,22). The van der Waals surface area contributed by atoms with E-state index in [2.05, 4.69) is 22.9 Å². The van der Waals surface area contributed by atoms with Crippen molar-refractivity contribution in [3.63, 3.8) is 0 Å². The van der Waals surface area contributed by atoms with Crippen LogP contribution in [0.4, 0.5) is 0 Å². The third kappa shape index (κ3) is 3.53. The van der Waals surface area contributed by atoms with Gasteiger partial charge in [-0.2, -0.15) is 0 Å². The predicted octanol–water partition coefficient (Wildman–Crippen LogP) is 1.16. The van der Waals surface area contributed by atoms with Crippen molar-refractivity contribution in [2.45, 2.75) is 44.9 Å². The predicted molar refractivity (Wildman–Crippen MR) is 90.2 cm³/mol. The van der Waals surface area contributed by atoms with Gasteiger partial charge in [-0.25, -0.2) is 0 Å². The third-order valence-corrected chi connectivity index (χ3v) is 5.05. The first-order chi connectivity index (χ1) is 11.6. The smallest absolute Gasteiger partial charge is 0.257 e. The lowest BCUT2D eigenvalue weighted by Crippen LogP contribution is -2.67. The molecule has 1 heterocycles. The molecule has 4 unspecified atom stereocenters. The van der Waals surface area contributed by atoms with Crippen molar-refractivity contribution in [2.75, 3.05) is 7.11 Å². The molecule has 24 heavy (non-hydrogen) atoms. The van der Waals surface area contributed by atoms with Crippen LogP contribution in [-0.4, -0.2) is 31.1 Å². The molecule has 6 nitrogen and oxygen atoms in total. The van der Waals surface area contributed by atoms with Gasteiger partial charge in [-0.15, -0.1) is 0 Å². The number of carbonyl (C=O) groups excluding carboxylic acids is 2. The number of hydrogen-bond donors (Lipinski definition) is 3. The average Bonchev–Trinajstić information content (AvgIpc) is 2.59. The summed E-state index contributed by atoms with van der Waals surface area (Å²) in [5, 5.41) is 9.00. The van der Waals surface area contributed by atoms with Crippen molar-refractivity contribution < 1.29 is 14.3 Å². The van der Waals surface area contributed by atoms with Crippen LogP contribution in [-0.2, 0) is 16.1 Å². The first-order valence-corrected chi connectivity index (χ1v) is 8.55. The molecule has 0 radical (unpaired) electrons. The largest absolute Gasteiger partial charge is 0.497 e. The topological polar surface area (TPSA) is 79.5 Å². The molecule has 0 bridgehead atoms. The number of amides is 2. The van der Waals surface area contributed by atoms with Gasteiger partial charge in [0, 0.05) is 12.6 Å². The van der Waals surface area contributed by atoms with E-state index in [0.29, 0.717) is 12.5 Å². The Bertz CT molecular complexity index is 619. The molecular formula is C18H25N3O3. The number of fused-ring (bicyclic) bond motifs is 1. The summed E-state index contributed by atoms with van der Waals surface area (Å²) in [5.41, 5.74) is 0.953. The fourth-order valence-electron chi connectivity index (χ4n) is 3.75. The van der Waals surface area contributed by atoms with Crippen molar-refractivity contribution in [3.05, 3.63) is 29.8 Å². The first-order valence-electron chi connectivity index (χ1n) is 8.55. The van der Waals surface area contributed by atoms with Gasteiger partial charge in [-0.3, -0.25) is 14.9 Å². The molecule has 0 spiro atoms.